The molecule has 0 fully saturated rings. The Balaban J connectivity index is 1.76. The summed E-state index contributed by atoms with van der Waals surface area (Å²) in [4.78, 5) is 27.1. The Morgan fingerprint density at radius 2 is 1.33 bits per heavy atom. The molecule has 5 nitrogen and oxygen atoms in total. The van der Waals surface area contributed by atoms with Gasteiger partial charge < -0.3 is 9.47 Å². The van der Waals surface area contributed by atoms with E-state index < -0.39 is 23.7 Å². The number of hydrogen-bond acceptors (Lipinski definition) is 4. The van der Waals surface area contributed by atoms with Crippen LogP contribution in [0.2, 0.25) is 0 Å². The quantitative estimate of drug-likeness (QED) is 0.427. The number of hydrogen-bond donors (Lipinski definition) is 0. The van der Waals surface area contributed by atoms with Gasteiger partial charge in [-0.05, 0) is 43.0 Å². The number of amides is 1. The molecule has 33 heavy (non-hydrogen) atoms. The summed E-state index contributed by atoms with van der Waals surface area (Å²) >= 11 is 0. The summed E-state index contributed by atoms with van der Waals surface area (Å²) in [7, 11) is 1.57. The van der Waals surface area contributed by atoms with E-state index in [1.165, 1.54) is 4.90 Å². The molecule has 0 radical (unpaired) electrons. The minimum atomic E-state index is -0.814. The van der Waals surface area contributed by atoms with Gasteiger partial charge in [-0.3, -0.25) is 4.90 Å². The number of ether oxygens (including phenoxy) is 2. The Hall–Kier alpha value is -3.60. The molecule has 1 amide bonds. The van der Waals surface area contributed by atoms with Gasteiger partial charge in [0.15, 0.2) is 0 Å². The summed E-state index contributed by atoms with van der Waals surface area (Å²) in [5, 5.41) is 0. The SMILES string of the molecule is CN(C(=O)OC(C)(C)C)[C@@H](Cc1ccc(-c2ccccc2)cc1)C(=O)OCc1ccccc1. The largest absolute Gasteiger partial charge is 0.459 e. The molecule has 3 aromatic rings. The molecular formula is C28H31NO4. The fourth-order valence-electron chi connectivity index (χ4n) is 3.35. The summed E-state index contributed by atoms with van der Waals surface area (Å²) in [6, 6.07) is 26.7. The molecule has 3 aromatic carbocycles. The van der Waals surface area contributed by atoms with E-state index in [0.29, 0.717) is 6.42 Å². The lowest BCUT2D eigenvalue weighted by Gasteiger charge is -2.29. The number of carbonyl (C=O) groups excluding carboxylic acids is 2. The van der Waals surface area contributed by atoms with E-state index in [0.717, 1.165) is 22.3 Å². The molecule has 5 heteroatoms. The zero-order chi connectivity index (χ0) is 23.8. The number of carbonyl (C=O) groups is 2. The van der Waals surface area contributed by atoms with Crippen LogP contribution in [0, 0.1) is 0 Å². The van der Waals surface area contributed by atoms with Crippen molar-refractivity contribution in [2.24, 2.45) is 0 Å². The van der Waals surface area contributed by atoms with Crippen molar-refractivity contribution >= 4 is 12.1 Å². The van der Waals surface area contributed by atoms with E-state index in [4.69, 9.17) is 9.47 Å². The van der Waals surface area contributed by atoms with Crippen LogP contribution >= 0.6 is 0 Å². The molecule has 0 spiro atoms. The van der Waals surface area contributed by atoms with Crippen LogP contribution in [-0.4, -0.2) is 35.7 Å². The van der Waals surface area contributed by atoms with Crippen LogP contribution in [0.15, 0.2) is 84.9 Å². The van der Waals surface area contributed by atoms with Gasteiger partial charge in [0, 0.05) is 13.5 Å². The van der Waals surface area contributed by atoms with Gasteiger partial charge in [-0.2, -0.15) is 0 Å². The van der Waals surface area contributed by atoms with Crippen molar-refractivity contribution in [3.8, 4) is 11.1 Å². The van der Waals surface area contributed by atoms with Crippen molar-refractivity contribution in [1.82, 2.24) is 4.90 Å². The second-order valence-corrected chi connectivity index (χ2v) is 8.97. The molecule has 3 rings (SSSR count). The van der Waals surface area contributed by atoms with E-state index in [1.54, 1.807) is 27.8 Å². The second-order valence-electron chi connectivity index (χ2n) is 8.97. The highest BCUT2D eigenvalue weighted by atomic mass is 16.6. The van der Waals surface area contributed by atoms with E-state index in [9.17, 15) is 9.59 Å². The molecule has 0 saturated heterocycles. The molecule has 0 unspecified atom stereocenters. The first kappa shape index (κ1) is 24.1. The standard InChI is InChI=1S/C28H31NO4/c1-28(2,3)33-27(31)29(4)25(26(30)32-20-22-11-7-5-8-12-22)19-21-15-17-24(18-16-21)23-13-9-6-10-14-23/h5-18,25H,19-20H2,1-4H3/t25-/m0/s1. The zero-order valence-corrected chi connectivity index (χ0v) is 19.7. The van der Waals surface area contributed by atoms with E-state index >= 15 is 0 Å². The topological polar surface area (TPSA) is 55.8 Å². The van der Waals surface area contributed by atoms with Crippen molar-refractivity contribution < 1.29 is 19.1 Å². The van der Waals surface area contributed by atoms with Gasteiger partial charge in [-0.1, -0.05) is 84.9 Å². The fourth-order valence-corrected chi connectivity index (χ4v) is 3.35. The molecule has 0 saturated carbocycles. The molecule has 0 N–H and O–H groups in total. The first-order valence-electron chi connectivity index (χ1n) is 11.0. The third-order valence-corrected chi connectivity index (χ3v) is 5.14. The van der Waals surface area contributed by atoms with Crippen LogP contribution in [0.3, 0.4) is 0 Å². The van der Waals surface area contributed by atoms with Crippen LogP contribution in [0.5, 0.6) is 0 Å². The third kappa shape index (κ3) is 7.21. The maximum Gasteiger partial charge on any atom is 0.410 e. The molecule has 0 aliphatic carbocycles. The number of nitrogens with zero attached hydrogens (tertiary/aromatic N) is 1. The van der Waals surface area contributed by atoms with Gasteiger partial charge in [0.2, 0.25) is 0 Å². The van der Waals surface area contributed by atoms with E-state index in [2.05, 4.69) is 12.1 Å². The number of rotatable bonds is 7. The van der Waals surface area contributed by atoms with Crippen molar-refractivity contribution in [3.05, 3.63) is 96.1 Å². The average molecular weight is 446 g/mol. The molecule has 0 aliphatic heterocycles. The summed E-state index contributed by atoms with van der Waals surface area (Å²) in [6.45, 7) is 5.53. The lowest BCUT2D eigenvalue weighted by molar-refractivity contribution is -0.150. The van der Waals surface area contributed by atoms with Gasteiger partial charge in [-0.15, -0.1) is 0 Å². The first-order valence-corrected chi connectivity index (χ1v) is 11.0. The highest BCUT2D eigenvalue weighted by Crippen LogP contribution is 2.21. The van der Waals surface area contributed by atoms with Crippen LogP contribution in [0.1, 0.15) is 31.9 Å². The maximum absolute atomic E-state index is 13.0. The smallest absolute Gasteiger partial charge is 0.410 e. The van der Waals surface area contributed by atoms with Crippen molar-refractivity contribution in [3.63, 3.8) is 0 Å². The maximum atomic E-state index is 13.0. The average Bonchev–Trinajstić information content (AvgIpc) is 2.81. The predicted octanol–water partition coefficient (Wildman–Crippen LogP) is 5.88. The van der Waals surface area contributed by atoms with E-state index in [1.807, 2.05) is 72.8 Å². The van der Waals surface area contributed by atoms with E-state index in [-0.39, 0.29) is 6.61 Å². The van der Waals surface area contributed by atoms with Gasteiger partial charge in [0.05, 0.1) is 0 Å². The second kappa shape index (κ2) is 10.8. The Labute approximate surface area is 196 Å². The van der Waals surface area contributed by atoms with Crippen LogP contribution in [0.4, 0.5) is 4.79 Å². The van der Waals surface area contributed by atoms with Crippen molar-refractivity contribution in [2.75, 3.05) is 7.05 Å². The normalized spacial score (nSPS) is 12.0. The summed E-state index contributed by atoms with van der Waals surface area (Å²) < 4.78 is 11.1. The molecule has 1 atom stereocenters. The Morgan fingerprint density at radius 3 is 1.91 bits per heavy atom. The van der Waals surface area contributed by atoms with Crippen LogP contribution in [-0.2, 0) is 27.3 Å². The summed E-state index contributed by atoms with van der Waals surface area (Å²) in [5.74, 6) is -0.473. The lowest BCUT2D eigenvalue weighted by atomic mass is 10.0. The molecular weight excluding hydrogens is 414 g/mol. The highest BCUT2D eigenvalue weighted by Gasteiger charge is 2.31. The van der Waals surface area contributed by atoms with Gasteiger partial charge in [0.1, 0.15) is 18.2 Å². The molecule has 0 aromatic heterocycles. The number of likely N-dealkylation sites (N-methyl/N-ethyl adjacent to an activating group) is 1. The van der Waals surface area contributed by atoms with Gasteiger partial charge >= 0.3 is 12.1 Å². The third-order valence-electron chi connectivity index (χ3n) is 5.14. The minimum absolute atomic E-state index is 0.144. The fraction of sp³-hybridized carbons (Fsp3) is 0.286. The number of benzene rings is 3. The van der Waals surface area contributed by atoms with Crippen LogP contribution in [0.25, 0.3) is 11.1 Å². The molecule has 0 heterocycles. The lowest BCUT2D eigenvalue weighted by Crippen LogP contribution is -2.46. The van der Waals surface area contributed by atoms with Crippen LogP contribution < -0.4 is 0 Å². The Bertz CT molecular complexity index is 1040. The highest BCUT2D eigenvalue weighted by molar-refractivity contribution is 5.82. The molecule has 172 valence electrons. The Morgan fingerprint density at radius 1 is 0.788 bits per heavy atom. The van der Waals surface area contributed by atoms with Gasteiger partial charge in [-0.25, -0.2) is 9.59 Å². The molecule has 0 aliphatic rings. The Kier molecular flexibility index (Phi) is 7.88. The van der Waals surface area contributed by atoms with Crippen molar-refractivity contribution in [2.45, 2.75) is 45.4 Å². The zero-order valence-electron chi connectivity index (χ0n) is 19.7. The van der Waals surface area contributed by atoms with Crippen molar-refractivity contribution in [1.29, 1.82) is 0 Å². The summed E-state index contributed by atoms with van der Waals surface area (Å²) in [6.07, 6.45) is -0.247. The summed E-state index contributed by atoms with van der Waals surface area (Å²) in [5.41, 5.74) is 3.35. The monoisotopic (exact) mass is 445 g/mol. The first-order chi connectivity index (χ1) is 15.7. The van der Waals surface area contributed by atoms with Gasteiger partial charge in [0.25, 0.3) is 0 Å². The minimum Gasteiger partial charge on any atom is -0.459 e. The number of esters is 1. The molecule has 0 bridgehead atoms. The predicted molar refractivity (Wildman–Crippen MR) is 130 cm³/mol.